The van der Waals surface area contributed by atoms with Crippen LogP contribution in [0.15, 0.2) is 48.7 Å². The van der Waals surface area contributed by atoms with Gasteiger partial charge in [-0.3, -0.25) is 9.69 Å². The third-order valence-corrected chi connectivity index (χ3v) is 6.32. The number of amides is 1. The van der Waals surface area contributed by atoms with Crippen LogP contribution in [0.4, 0.5) is 5.82 Å². The van der Waals surface area contributed by atoms with Crippen molar-refractivity contribution >= 4 is 11.7 Å². The Hall–Kier alpha value is -2.40. The maximum Gasteiger partial charge on any atom is 0.222 e. The van der Waals surface area contributed by atoms with Crippen molar-refractivity contribution in [2.75, 3.05) is 31.9 Å². The molecule has 1 aromatic carbocycles. The van der Waals surface area contributed by atoms with E-state index in [1.807, 2.05) is 12.1 Å². The van der Waals surface area contributed by atoms with Gasteiger partial charge in [-0.05, 0) is 43.9 Å². The van der Waals surface area contributed by atoms with Gasteiger partial charge in [0.05, 0.1) is 0 Å². The number of benzene rings is 1. The smallest absolute Gasteiger partial charge is 0.222 e. The second-order valence-corrected chi connectivity index (χ2v) is 8.41. The average molecular weight is 379 g/mol. The van der Waals surface area contributed by atoms with Gasteiger partial charge in [0.15, 0.2) is 0 Å². The molecule has 1 spiro atoms. The van der Waals surface area contributed by atoms with Crippen LogP contribution >= 0.6 is 0 Å². The van der Waals surface area contributed by atoms with E-state index in [2.05, 4.69) is 45.1 Å². The number of nitrogens with zero attached hydrogens (tertiary/aromatic N) is 3. The molecule has 0 saturated carbocycles. The van der Waals surface area contributed by atoms with Crippen molar-refractivity contribution in [1.29, 1.82) is 0 Å². The Morgan fingerprint density at radius 3 is 2.75 bits per heavy atom. The number of carbonyl (C=O) groups is 1. The molecule has 1 aromatic heterocycles. The summed E-state index contributed by atoms with van der Waals surface area (Å²) in [5.41, 5.74) is 8.68. The summed E-state index contributed by atoms with van der Waals surface area (Å²) in [6, 6.07) is 14.5. The molecule has 2 saturated heterocycles. The minimum absolute atomic E-state index is 0.222. The van der Waals surface area contributed by atoms with Crippen LogP contribution in [0, 0.1) is 5.41 Å². The van der Waals surface area contributed by atoms with E-state index >= 15 is 0 Å². The second kappa shape index (κ2) is 8.31. The van der Waals surface area contributed by atoms with E-state index in [0.717, 1.165) is 51.1 Å². The lowest BCUT2D eigenvalue weighted by Crippen LogP contribution is -2.54. The Morgan fingerprint density at radius 1 is 1.07 bits per heavy atom. The molecule has 0 radical (unpaired) electrons. The third-order valence-electron chi connectivity index (χ3n) is 6.32. The molecule has 1 unspecified atom stereocenters. The average Bonchev–Trinajstić information content (AvgIpc) is 2.72. The molecule has 148 valence electrons. The molecule has 1 amide bonds. The van der Waals surface area contributed by atoms with E-state index in [0.29, 0.717) is 18.1 Å². The fourth-order valence-electron chi connectivity index (χ4n) is 4.82. The van der Waals surface area contributed by atoms with Gasteiger partial charge in [-0.1, -0.05) is 36.4 Å². The molecule has 0 bridgehead atoms. The normalized spacial score (nSPS) is 23.3. The zero-order valence-electron chi connectivity index (χ0n) is 16.5. The molecule has 4 rings (SSSR count). The fourth-order valence-corrected chi connectivity index (χ4v) is 4.82. The number of anilines is 1. The number of carbonyl (C=O) groups excluding carboxylic acids is 1. The van der Waals surface area contributed by atoms with Gasteiger partial charge < -0.3 is 10.6 Å². The van der Waals surface area contributed by atoms with Gasteiger partial charge in [0.1, 0.15) is 5.82 Å². The maximum atomic E-state index is 12.5. The van der Waals surface area contributed by atoms with Crippen LogP contribution in [0.1, 0.15) is 36.8 Å². The zero-order chi connectivity index (χ0) is 19.4. The van der Waals surface area contributed by atoms with Gasteiger partial charge in [0, 0.05) is 49.8 Å². The first-order chi connectivity index (χ1) is 13.6. The van der Waals surface area contributed by atoms with Crippen molar-refractivity contribution in [2.24, 2.45) is 5.41 Å². The quantitative estimate of drug-likeness (QED) is 0.868. The Kier molecular flexibility index (Phi) is 5.62. The minimum Gasteiger partial charge on any atom is -0.383 e. The Labute approximate surface area is 167 Å². The highest BCUT2D eigenvalue weighted by atomic mass is 16.2. The lowest BCUT2D eigenvalue weighted by atomic mass is 9.73. The summed E-state index contributed by atoms with van der Waals surface area (Å²) in [6.07, 6.45) is 6.75. The van der Waals surface area contributed by atoms with Crippen LogP contribution in [0.25, 0.3) is 0 Å². The van der Waals surface area contributed by atoms with Gasteiger partial charge in [-0.25, -0.2) is 4.98 Å². The number of likely N-dealkylation sites (tertiary alicyclic amines) is 2. The number of pyridine rings is 1. The molecule has 0 aliphatic carbocycles. The highest BCUT2D eigenvalue weighted by Crippen LogP contribution is 2.39. The fraction of sp³-hybridized carbons (Fsp3) is 0.478. The summed E-state index contributed by atoms with van der Waals surface area (Å²) < 4.78 is 0. The first-order valence-electron chi connectivity index (χ1n) is 10.4. The van der Waals surface area contributed by atoms with Gasteiger partial charge in [0.25, 0.3) is 0 Å². The molecule has 1 atom stereocenters. The second-order valence-electron chi connectivity index (χ2n) is 8.41. The van der Waals surface area contributed by atoms with E-state index in [9.17, 15) is 4.79 Å². The monoisotopic (exact) mass is 378 g/mol. The summed E-state index contributed by atoms with van der Waals surface area (Å²) in [4.78, 5) is 21.4. The third kappa shape index (κ3) is 4.36. The van der Waals surface area contributed by atoms with Crippen molar-refractivity contribution < 1.29 is 4.79 Å². The Bertz CT molecular complexity index is 809. The molecule has 28 heavy (non-hydrogen) atoms. The molecule has 2 aliphatic heterocycles. The lowest BCUT2D eigenvalue weighted by molar-refractivity contribution is -0.139. The number of hydrogen-bond donors (Lipinski definition) is 1. The van der Waals surface area contributed by atoms with E-state index in [1.165, 1.54) is 18.4 Å². The number of hydrogen-bond acceptors (Lipinski definition) is 4. The predicted molar refractivity (Wildman–Crippen MR) is 112 cm³/mol. The highest BCUT2D eigenvalue weighted by molar-refractivity contribution is 5.77. The molecule has 2 aromatic rings. The SMILES string of the molecule is Nc1ncccc1CN1CCCC2(CCC(=O)N(CCc3ccccc3)C2)C1. The van der Waals surface area contributed by atoms with Crippen LogP contribution in [-0.4, -0.2) is 46.9 Å². The van der Waals surface area contributed by atoms with Crippen LogP contribution in [0.2, 0.25) is 0 Å². The van der Waals surface area contributed by atoms with E-state index in [4.69, 9.17) is 5.73 Å². The topological polar surface area (TPSA) is 62.5 Å². The molecule has 2 fully saturated rings. The van der Waals surface area contributed by atoms with Crippen molar-refractivity contribution in [1.82, 2.24) is 14.8 Å². The zero-order valence-corrected chi connectivity index (χ0v) is 16.5. The summed E-state index contributed by atoms with van der Waals surface area (Å²) in [7, 11) is 0. The molecule has 3 heterocycles. The minimum atomic E-state index is 0.222. The van der Waals surface area contributed by atoms with Crippen molar-refractivity contribution in [3.05, 3.63) is 59.8 Å². The number of nitrogens with two attached hydrogens (primary N) is 1. The van der Waals surface area contributed by atoms with E-state index < -0.39 is 0 Å². The van der Waals surface area contributed by atoms with Crippen molar-refractivity contribution in [2.45, 2.75) is 38.6 Å². The Morgan fingerprint density at radius 2 is 1.93 bits per heavy atom. The van der Waals surface area contributed by atoms with Gasteiger partial charge in [-0.2, -0.15) is 0 Å². The number of piperidine rings is 2. The summed E-state index contributed by atoms with van der Waals surface area (Å²) in [5.74, 6) is 0.945. The standard InChI is InChI=1S/C23H30N4O/c24-22-20(8-4-13-25-22)16-26-14-5-11-23(17-26)12-9-21(28)27(18-23)15-10-19-6-2-1-3-7-19/h1-4,6-8,13H,5,9-12,14-18H2,(H2,24,25). The molecule has 2 aliphatic rings. The number of rotatable bonds is 5. The molecular weight excluding hydrogens is 348 g/mol. The molecule has 5 heteroatoms. The largest absolute Gasteiger partial charge is 0.383 e. The van der Waals surface area contributed by atoms with Gasteiger partial charge >= 0.3 is 0 Å². The van der Waals surface area contributed by atoms with Crippen molar-refractivity contribution in [3.63, 3.8) is 0 Å². The van der Waals surface area contributed by atoms with Crippen LogP contribution in [0.3, 0.4) is 0 Å². The van der Waals surface area contributed by atoms with Crippen LogP contribution < -0.4 is 5.73 Å². The predicted octanol–water partition coefficient (Wildman–Crippen LogP) is 3.11. The van der Waals surface area contributed by atoms with E-state index in [1.54, 1.807) is 6.20 Å². The molecule has 2 N–H and O–H groups in total. The first kappa shape index (κ1) is 18.9. The first-order valence-corrected chi connectivity index (χ1v) is 10.4. The summed E-state index contributed by atoms with van der Waals surface area (Å²) in [6.45, 7) is 4.68. The highest BCUT2D eigenvalue weighted by Gasteiger charge is 2.41. The summed E-state index contributed by atoms with van der Waals surface area (Å²) >= 11 is 0. The molecular formula is C23H30N4O. The molecule has 5 nitrogen and oxygen atoms in total. The summed E-state index contributed by atoms with van der Waals surface area (Å²) in [5, 5.41) is 0. The van der Waals surface area contributed by atoms with E-state index in [-0.39, 0.29) is 5.41 Å². The van der Waals surface area contributed by atoms with Crippen LogP contribution in [-0.2, 0) is 17.8 Å². The Balaban J connectivity index is 1.40. The lowest BCUT2D eigenvalue weighted by Gasteiger charge is -2.48. The number of nitrogen functional groups attached to an aromatic ring is 1. The van der Waals surface area contributed by atoms with Gasteiger partial charge in [0.2, 0.25) is 5.91 Å². The maximum absolute atomic E-state index is 12.5. The number of aromatic nitrogens is 1. The van der Waals surface area contributed by atoms with Gasteiger partial charge in [-0.15, -0.1) is 0 Å². The van der Waals surface area contributed by atoms with Crippen molar-refractivity contribution in [3.8, 4) is 0 Å². The van der Waals surface area contributed by atoms with Crippen LogP contribution in [0.5, 0.6) is 0 Å².